The van der Waals surface area contributed by atoms with Gasteiger partial charge in [-0.1, -0.05) is 0 Å². The van der Waals surface area contributed by atoms with Gasteiger partial charge in [0.2, 0.25) is 0 Å². The predicted molar refractivity (Wildman–Crippen MR) is 40.1 cm³/mol. The summed E-state index contributed by atoms with van der Waals surface area (Å²) >= 11 is 0. The molecule has 0 aromatic heterocycles. The first kappa shape index (κ1) is 10.9. The van der Waals surface area contributed by atoms with Crippen LogP contribution in [0.25, 0.3) is 0 Å². The van der Waals surface area contributed by atoms with Crippen molar-refractivity contribution in [1.29, 1.82) is 0 Å². The van der Waals surface area contributed by atoms with Crippen molar-refractivity contribution in [3.63, 3.8) is 0 Å². The summed E-state index contributed by atoms with van der Waals surface area (Å²) in [6, 6.07) is 0. The van der Waals surface area contributed by atoms with E-state index in [0.717, 1.165) is 0 Å². The van der Waals surface area contributed by atoms with Crippen LogP contribution in [-0.2, 0) is 14.4 Å². The van der Waals surface area contributed by atoms with Crippen LogP contribution in [0.5, 0.6) is 0 Å². The number of hydrogen-bond acceptors (Lipinski definition) is 4. The number of rotatable bonds is 4. The number of aliphatic hydroxyl groups is 1. The molecular weight excluding hydrogens is 180 g/mol. The molecule has 0 rings (SSSR count). The van der Waals surface area contributed by atoms with Gasteiger partial charge in [-0.25, -0.2) is 9.59 Å². The second kappa shape index (κ2) is 4.70. The van der Waals surface area contributed by atoms with E-state index in [1.54, 1.807) is 0 Å². The van der Waals surface area contributed by atoms with Crippen LogP contribution in [0, 0.1) is 0 Å². The SMILES string of the molecule is O=C(O)C(=O)/C=C(\C=C\O)C(=O)O. The molecule has 6 heteroatoms. The predicted octanol–water partition coefficient (Wildman–Crippen LogP) is -0.277. The van der Waals surface area contributed by atoms with E-state index in [1.165, 1.54) is 0 Å². The lowest BCUT2D eigenvalue weighted by Crippen LogP contribution is -2.11. The Morgan fingerprint density at radius 1 is 1.00 bits per heavy atom. The third-order valence-corrected chi connectivity index (χ3v) is 0.998. The van der Waals surface area contributed by atoms with Crippen LogP contribution < -0.4 is 0 Å². The monoisotopic (exact) mass is 186 g/mol. The molecule has 0 unspecified atom stereocenters. The fourth-order valence-electron chi connectivity index (χ4n) is 0.464. The Bertz CT molecular complexity index is 298. The van der Waals surface area contributed by atoms with Crippen molar-refractivity contribution in [2.75, 3.05) is 0 Å². The maximum Gasteiger partial charge on any atom is 0.376 e. The third-order valence-electron chi connectivity index (χ3n) is 0.998. The van der Waals surface area contributed by atoms with Gasteiger partial charge in [-0.2, -0.15) is 0 Å². The maximum atomic E-state index is 10.5. The number of hydrogen-bond donors (Lipinski definition) is 3. The summed E-state index contributed by atoms with van der Waals surface area (Å²) in [4.78, 5) is 30.7. The van der Waals surface area contributed by atoms with Crippen LogP contribution in [0.15, 0.2) is 24.0 Å². The third kappa shape index (κ3) is 3.71. The number of aliphatic hydroxyl groups excluding tert-OH is 1. The molecule has 0 aliphatic rings. The average molecular weight is 186 g/mol. The van der Waals surface area contributed by atoms with E-state index in [4.69, 9.17) is 15.3 Å². The molecular formula is C7H6O6. The maximum absolute atomic E-state index is 10.5. The lowest BCUT2D eigenvalue weighted by molar-refractivity contribution is -0.146. The van der Waals surface area contributed by atoms with E-state index >= 15 is 0 Å². The lowest BCUT2D eigenvalue weighted by Gasteiger charge is -1.91. The molecule has 13 heavy (non-hydrogen) atoms. The molecule has 6 nitrogen and oxygen atoms in total. The van der Waals surface area contributed by atoms with Crippen LogP contribution in [0.2, 0.25) is 0 Å². The summed E-state index contributed by atoms with van der Waals surface area (Å²) in [5, 5.41) is 24.7. The number of aliphatic carboxylic acids is 2. The standard InChI is InChI=1S/C7H6O6/c8-2-1-4(6(10)11)3-5(9)7(12)13/h1-3,8H,(H,10,11)(H,12,13)/b2-1+,4-3+. The van der Waals surface area contributed by atoms with Gasteiger partial charge < -0.3 is 15.3 Å². The first-order chi connectivity index (χ1) is 5.99. The highest BCUT2D eigenvalue weighted by molar-refractivity contribution is 6.38. The molecule has 70 valence electrons. The van der Waals surface area contributed by atoms with Gasteiger partial charge in [0.25, 0.3) is 5.78 Å². The second-order valence-corrected chi connectivity index (χ2v) is 1.89. The zero-order chi connectivity index (χ0) is 10.4. The second-order valence-electron chi connectivity index (χ2n) is 1.89. The molecule has 0 radical (unpaired) electrons. The number of carbonyl (C=O) groups excluding carboxylic acids is 1. The van der Waals surface area contributed by atoms with Crippen LogP contribution in [0.4, 0.5) is 0 Å². The highest BCUT2D eigenvalue weighted by Crippen LogP contribution is 1.97. The summed E-state index contributed by atoms with van der Waals surface area (Å²) in [6.45, 7) is 0. The highest BCUT2D eigenvalue weighted by atomic mass is 16.4. The Labute approximate surface area is 72.4 Å². The average Bonchev–Trinajstić information content (AvgIpc) is 2.03. The molecule has 0 aliphatic carbocycles. The summed E-state index contributed by atoms with van der Waals surface area (Å²) in [5.41, 5.74) is -0.602. The molecule has 0 spiro atoms. The normalized spacial score (nSPS) is 11.5. The Morgan fingerprint density at radius 2 is 1.54 bits per heavy atom. The van der Waals surface area contributed by atoms with Crippen molar-refractivity contribution in [3.05, 3.63) is 24.0 Å². The fraction of sp³-hybridized carbons (Fsp3) is 0. The van der Waals surface area contributed by atoms with Gasteiger partial charge in [0.1, 0.15) is 0 Å². The molecule has 0 aromatic rings. The molecule has 0 atom stereocenters. The molecule has 0 saturated heterocycles. The molecule has 0 heterocycles. The van der Waals surface area contributed by atoms with Crippen LogP contribution in [-0.4, -0.2) is 33.0 Å². The van der Waals surface area contributed by atoms with Crippen LogP contribution in [0.1, 0.15) is 0 Å². The van der Waals surface area contributed by atoms with Crippen molar-refractivity contribution >= 4 is 17.7 Å². The summed E-state index contributed by atoms with van der Waals surface area (Å²) in [5.74, 6) is -4.62. The van der Waals surface area contributed by atoms with Crippen molar-refractivity contribution in [2.24, 2.45) is 0 Å². The van der Waals surface area contributed by atoms with Gasteiger partial charge in [-0.05, 0) is 6.08 Å². The van der Waals surface area contributed by atoms with E-state index in [0.29, 0.717) is 18.4 Å². The minimum absolute atomic E-state index is 0.398. The highest BCUT2D eigenvalue weighted by Gasteiger charge is 2.12. The van der Waals surface area contributed by atoms with Gasteiger partial charge in [0, 0.05) is 6.08 Å². The Hall–Kier alpha value is -2.11. The summed E-state index contributed by atoms with van der Waals surface area (Å²) in [6.07, 6.45) is 1.50. The number of carbonyl (C=O) groups is 3. The Morgan fingerprint density at radius 3 is 1.85 bits per heavy atom. The van der Waals surface area contributed by atoms with Gasteiger partial charge in [-0.15, -0.1) is 0 Å². The largest absolute Gasteiger partial charge is 0.516 e. The molecule has 0 amide bonds. The minimum Gasteiger partial charge on any atom is -0.516 e. The Kier molecular flexibility index (Phi) is 3.94. The molecule has 0 aromatic carbocycles. The summed E-state index contributed by atoms with van der Waals surface area (Å²) < 4.78 is 0. The first-order valence-corrected chi connectivity index (χ1v) is 3.02. The van der Waals surface area contributed by atoms with E-state index in [-0.39, 0.29) is 0 Å². The summed E-state index contributed by atoms with van der Waals surface area (Å²) in [7, 11) is 0. The molecule has 0 bridgehead atoms. The first-order valence-electron chi connectivity index (χ1n) is 3.02. The quantitative estimate of drug-likeness (QED) is 0.241. The van der Waals surface area contributed by atoms with Crippen molar-refractivity contribution < 1.29 is 29.7 Å². The Balaban J connectivity index is 4.84. The smallest absolute Gasteiger partial charge is 0.376 e. The van der Waals surface area contributed by atoms with Crippen LogP contribution in [0.3, 0.4) is 0 Å². The van der Waals surface area contributed by atoms with Gasteiger partial charge >= 0.3 is 11.9 Å². The van der Waals surface area contributed by atoms with Crippen LogP contribution >= 0.6 is 0 Å². The number of carboxylic acid groups (broad SMARTS) is 2. The molecule has 0 fully saturated rings. The van der Waals surface area contributed by atoms with E-state index in [9.17, 15) is 14.4 Å². The van der Waals surface area contributed by atoms with Crippen molar-refractivity contribution in [1.82, 2.24) is 0 Å². The molecule has 3 N–H and O–H groups in total. The lowest BCUT2D eigenvalue weighted by atomic mass is 10.2. The number of ketones is 1. The number of carboxylic acids is 2. The van der Waals surface area contributed by atoms with Crippen molar-refractivity contribution in [3.8, 4) is 0 Å². The molecule has 0 saturated carbocycles. The van der Waals surface area contributed by atoms with Crippen molar-refractivity contribution in [2.45, 2.75) is 0 Å². The zero-order valence-corrected chi connectivity index (χ0v) is 6.30. The zero-order valence-electron chi connectivity index (χ0n) is 6.30. The van der Waals surface area contributed by atoms with E-state index < -0.39 is 23.3 Å². The van der Waals surface area contributed by atoms with Gasteiger partial charge in [0.15, 0.2) is 0 Å². The fourth-order valence-corrected chi connectivity index (χ4v) is 0.464. The van der Waals surface area contributed by atoms with E-state index in [2.05, 4.69) is 0 Å². The molecule has 0 aliphatic heterocycles. The topological polar surface area (TPSA) is 112 Å². The van der Waals surface area contributed by atoms with Gasteiger partial charge in [-0.3, -0.25) is 4.79 Å². The van der Waals surface area contributed by atoms with E-state index in [1.807, 2.05) is 0 Å². The van der Waals surface area contributed by atoms with Gasteiger partial charge in [0.05, 0.1) is 11.8 Å². The minimum atomic E-state index is -1.76.